The molecule has 1 fully saturated rings. The number of imidazole rings is 1. The van der Waals surface area contributed by atoms with Gasteiger partial charge < -0.3 is 10.3 Å². The number of rotatable bonds is 3. The minimum Gasteiger partial charge on any atom is -0.399 e. The zero-order chi connectivity index (χ0) is 13.7. The van der Waals surface area contributed by atoms with Crippen molar-refractivity contribution in [2.75, 3.05) is 5.73 Å². The van der Waals surface area contributed by atoms with Crippen molar-refractivity contribution in [1.82, 2.24) is 9.55 Å². The van der Waals surface area contributed by atoms with E-state index in [9.17, 15) is 0 Å². The van der Waals surface area contributed by atoms with Gasteiger partial charge in [0.1, 0.15) is 5.82 Å². The third-order valence-electron chi connectivity index (χ3n) is 3.68. The van der Waals surface area contributed by atoms with Crippen LogP contribution in [0.5, 0.6) is 0 Å². The summed E-state index contributed by atoms with van der Waals surface area (Å²) in [4.78, 5) is 6.16. The lowest BCUT2D eigenvalue weighted by Gasteiger charge is -2.07. The molecule has 1 saturated carbocycles. The normalized spacial score (nSPS) is 15.1. The van der Waals surface area contributed by atoms with Crippen LogP contribution in [0, 0.1) is 0 Å². The monoisotopic (exact) mass is 347 g/mol. The summed E-state index contributed by atoms with van der Waals surface area (Å²) >= 11 is 5.30. The molecule has 1 aliphatic rings. The van der Waals surface area contributed by atoms with Crippen molar-refractivity contribution in [1.29, 1.82) is 0 Å². The number of thiophene rings is 1. The standard InChI is InChI=1S/C15H14BrN3S/c16-10-5-12(20-8-10)7-19-14-4-3-11(17)6-13(14)18-15(19)9-1-2-9/h3-6,8-9H,1-2,7,17H2. The lowest BCUT2D eigenvalue weighted by Crippen LogP contribution is -2.03. The molecule has 0 aliphatic heterocycles. The molecule has 102 valence electrons. The van der Waals surface area contributed by atoms with Gasteiger partial charge in [0, 0.05) is 26.3 Å². The molecular formula is C15H14BrN3S. The number of hydrogen-bond donors (Lipinski definition) is 1. The Morgan fingerprint density at radius 3 is 2.90 bits per heavy atom. The van der Waals surface area contributed by atoms with Gasteiger partial charge in [-0.15, -0.1) is 11.3 Å². The summed E-state index contributed by atoms with van der Waals surface area (Å²) in [5.41, 5.74) is 8.86. The van der Waals surface area contributed by atoms with Gasteiger partial charge in [0.2, 0.25) is 0 Å². The van der Waals surface area contributed by atoms with E-state index in [1.54, 1.807) is 11.3 Å². The maximum absolute atomic E-state index is 5.88. The van der Waals surface area contributed by atoms with E-state index in [0.717, 1.165) is 22.2 Å². The van der Waals surface area contributed by atoms with Crippen LogP contribution in [0.1, 0.15) is 29.5 Å². The summed E-state index contributed by atoms with van der Waals surface area (Å²) in [6, 6.07) is 8.21. The Hall–Kier alpha value is -1.33. The highest BCUT2D eigenvalue weighted by molar-refractivity contribution is 9.10. The molecule has 0 spiro atoms. The first-order chi connectivity index (χ1) is 9.70. The molecule has 5 heteroatoms. The molecule has 0 bridgehead atoms. The van der Waals surface area contributed by atoms with Crippen molar-refractivity contribution < 1.29 is 0 Å². The van der Waals surface area contributed by atoms with Crippen molar-refractivity contribution in [2.24, 2.45) is 0 Å². The smallest absolute Gasteiger partial charge is 0.113 e. The maximum atomic E-state index is 5.88. The summed E-state index contributed by atoms with van der Waals surface area (Å²) in [6.07, 6.45) is 2.51. The molecule has 4 rings (SSSR count). The molecule has 3 aromatic rings. The summed E-state index contributed by atoms with van der Waals surface area (Å²) in [5.74, 6) is 1.85. The minimum atomic E-state index is 0.632. The first kappa shape index (κ1) is 12.4. The SMILES string of the molecule is Nc1ccc2c(c1)nc(C1CC1)n2Cc1cc(Br)cs1. The number of hydrogen-bond acceptors (Lipinski definition) is 3. The molecule has 2 heterocycles. The average Bonchev–Trinajstić information content (AvgIpc) is 3.10. The molecule has 1 aromatic carbocycles. The van der Waals surface area contributed by atoms with Crippen LogP contribution in [0.15, 0.2) is 34.1 Å². The Bertz CT molecular complexity index is 786. The quantitative estimate of drug-likeness (QED) is 0.715. The van der Waals surface area contributed by atoms with Crippen LogP contribution in [0.25, 0.3) is 11.0 Å². The average molecular weight is 348 g/mol. The second kappa shape index (κ2) is 4.60. The van der Waals surface area contributed by atoms with Crippen molar-refractivity contribution in [3.8, 4) is 0 Å². The summed E-state index contributed by atoms with van der Waals surface area (Å²) < 4.78 is 3.50. The summed E-state index contributed by atoms with van der Waals surface area (Å²) in [5, 5.41) is 2.13. The molecule has 2 aromatic heterocycles. The molecule has 2 N–H and O–H groups in total. The van der Waals surface area contributed by atoms with Crippen molar-refractivity contribution in [3.05, 3.63) is 44.8 Å². The molecule has 0 saturated heterocycles. The van der Waals surface area contributed by atoms with E-state index < -0.39 is 0 Å². The van der Waals surface area contributed by atoms with Crippen molar-refractivity contribution in [3.63, 3.8) is 0 Å². The van der Waals surface area contributed by atoms with Crippen molar-refractivity contribution in [2.45, 2.75) is 25.3 Å². The van der Waals surface area contributed by atoms with E-state index in [4.69, 9.17) is 10.7 Å². The van der Waals surface area contributed by atoms with E-state index in [1.165, 1.54) is 29.1 Å². The van der Waals surface area contributed by atoms with Crippen molar-refractivity contribution >= 4 is 44.0 Å². The van der Waals surface area contributed by atoms with E-state index in [0.29, 0.717) is 5.92 Å². The molecular weight excluding hydrogens is 334 g/mol. The van der Waals surface area contributed by atoms with Gasteiger partial charge in [-0.3, -0.25) is 0 Å². The number of halogens is 1. The molecule has 0 radical (unpaired) electrons. The van der Waals surface area contributed by atoms with Gasteiger partial charge in [-0.1, -0.05) is 0 Å². The van der Waals surface area contributed by atoms with E-state index in [-0.39, 0.29) is 0 Å². The molecule has 20 heavy (non-hydrogen) atoms. The minimum absolute atomic E-state index is 0.632. The number of nitrogens with zero attached hydrogens (tertiary/aromatic N) is 2. The highest BCUT2D eigenvalue weighted by atomic mass is 79.9. The highest BCUT2D eigenvalue weighted by Crippen LogP contribution is 2.41. The summed E-state index contributed by atoms with van der Waals surface area (Å²) in [7, 11) is 0. The van der Waals surface area contributed by atoms with Crippen LogP contribution in [0.2, 0.25) is 0 Å². The topological polar surface area (TPSA) is 43.8 Å². The zero-order valence-corrected chi connectivity index (χ0v) is 13.2. The highest BCUT2D eigenvalue weighted by Gasteiger charge is 2.29. The second-order valence-electron chi connectivity index (χ2n) is 5.31. The number of benzene rings is 1. The first-order valence-corrected chi connectivity index (χ1v) is 8.36. The Balaban J connectivity index is 1.84. The predicted octanol–water partition coefficient (Wildman–Crippen LogP) is 4.37. The predicted molar refractivity (Wildman–Crippen MR) is 87.2 cm³/mol. The fraction of sp³-hybridized carbons (Fsp3) is 0.267. The lowest BCUT2D eigenvalue weighted by atomic mass is 10.3. The van der Waals surface area contributed by atoms with E-state index >= 15 is 0 Å². The molecule has 3 nitrogen and oxygen atoms in total. The molecule has 1 aliphatic carbocycles. The van der Waals surface area contributed by atoms with Crippen LogP contribution >= 0.6 is 27.3 Å². The van der Waals surface area contributed by atoms with Gasteiger partial charge in [0.15, 0.2) is 0 Å². The van der Waals surface area contributed by atoms with Crippen LogP contribution in [0.4, 0.5) is 5.69 Å². The number of fused-ring (bicyclic) bond motifs is 1. The fourth-order valence-electron chi connectivity index (χ4n) is 2.58. The van der Waals surface area contributed by atoms with Gasteiger partial charge in [0.25, 0.3) is 0 Å². The summed E-state index contributed by atoms with van der Waals surface area (Å²) in [6.45, 7) is 0.891. The Morgan fingerprint density at radius 1 is 1.35 bits per heavy atom. The Morgan fingerprint density at radius 2 is 2.20 bits per heavy atom. The van der Waals surface area contributed by atoms with Gasteiger partial charge in [0.05, 0.1) is 17.6 Å². The van der Waals surface area contributed by atoms with Crippen LogP contribution in [-0.2, 0) is 6.54 Å². The maximum Gasteiger partial charge on any atom is 0.113 e. The van der Waals surface area contributed by atoms with Crippen LogP contribution in [-0.4, -0.2) is 9.55 Å². The number of nitrogen functional groups attached to an aromatic ring is 1. The largest absolute Gasteiger partial charge is 0.399 e. The third kappa shape index (κ3) is 2.15. The number of aromatic nitrogens is 2. The van der Waals surface area contributed by atoms with Gasteiger partial charge in [-0.25, -0.2) is 4.98 Å². The van der Waals surface area contributed by atoms with Gasteiger partial charge in [-0.2, -0.15) is 0 Å². The van der Waals surface area contributed by atoms with Gasteiger partial charge >= 0.3 is 0 Å². The van der Waals surface area contributed by atoms with E-state index in [2.05, 4.69) is 38.0 Å². The Kier molecular flexibility index (Phi) is 2.86. The second-order valence-corrected chi connectivity index (χ2v) is 7.22. The van der Waals surface area contributed by atoms with E-state index in [1.807, 2.05) is 12.1 Å². The molecule has 0 atom stereocenters. The zero-order valence-electron chi connectivity index (χ0n) is 10.8. The number of anilines is 1. The first-order valence-electron chi connectivity index (χ1n) is 6.69. The van der Waals surface area contributed by atoms with Crippen LogP contribution in [0.3, 0.4) is 0 Å². The van der Waals surface area contributed by atoms with Gasteiger partial charge in [-0.05, 0) is 53.0 Å². The van der Waals surface area contributed by atoms with Crippen LogP contribution < -0.4 is 5.73 Å². The molecule has 0 unspecified atom stereocenters. The Labute approximate surface area is 129 Å². The third-order valence-corrected chi connectivity index (χ3v) is 5.36. The number of nitrogens with two attached hydrogens (primary N) is 1. The fourth-order valence-corrected chi connectivity index (χ4v) is 4.02. The lowest BCUT2D eigenvalue weighted by molar-refractivity contribution is 0.755. The molecule has 0 amide bonds.